The van der Waals surface area contributed by atoms with Crippen LogP contribution in [0.4, 0.5) is 0 Å². The number of hydrogen-bond donors (Lipinski definition) is 2. The topological polar surface area (TPSA) is 112 Å². The lowest BCUT2D eigenvalue weighted by atomic mass is 10.2. The van der Waals surface area contributed by atoms with Gasteiger partial charge in [-0.1, -0.05) is 6.07 Å². The lowest BCUT2D eigenvalue weighted by molar-refractivity contribution is -0.122. The summed E-state index contributed by atoms with van der Waals surface area (Å²) in [5, 5.41) is 2.70. The molecule has 0 aliphatic heterocycles. The number of nitrogens with one attached hydrogen (secondary N) is 2. The second-order valence-electron chi connectivity index (χ2n) is 6.27. The van der Waals surface area contributed by atoms with E-state index in [1.165, 1.54) is 53.6 Å². The number of sulfonamides is 1. The molecule has 0 bridgehead atoms. The Morgan fingerprint density at radius 1 is 0.867 bits per heavy atom. The van der Waals surface area contributed by atoms with Crippen LogP contribution in [0.2, 0.25) is 0 Å². The third kappa shape index (κ3) is 5.55. The lowest BCUT2D eigenvalue weighted by Crippen LogP contribution is -2.44. The van der Waals surface area contributed by atoms with E-state index in [2.05, 4.69) is 10.0 Å². The number of methoxy groups -OCH3 is 4. The molecule has 1 atom stereocenters. The van der Waals surface area contributed by atoms with Crippen LogP contribution < -0.4 is 29.0 Å². The third-order valence-corrected chi connectivity index (χ3v) is 5.84. The van der Waals surface area contributed by atoms with Crippen LogP contribution in [0.1, 0.15) is 12.5 Å². The van der Waals surface area contributed by atoms with E-state index in [9.17, 15) is 13.2 Å². The molecule has 9 nitrogen and oxygen atoms in total. The van der Waals surface area contributed by atoms with Crippen molar-refractivity contribution in [2.45, 2.75) is 24.4 Å². The maximum atomic E-state index is 12.6. The molecule has 0 spiro atoms. The Morgan fingerprint density at radius 3 is 1.97 bits per heavy atom. The van der Waals surface area contributed by atoms with Gasteiger partial charge in [0.15, 0.2) is 23.0 Å². The molecule has 0 radical (unpaired) electrons. The second-order valence-corrected chi connectivity index (χ2v) is 7.98. The molecular formula is C20H26N2O7S. The van der Waals surface area contributed by atoms with Crippen molar-refractivity contribution >= 4 is 15.9 Å². The fraction of sp³-hybridized carbons (Fsp3) is 0.350. The van der Waals surface area contributed by atoms with Gasteiger partial charge in [0.2, 0.25) is 15.9 Å². The van der Waals surface area contributed by atoms with E-state index in [0.717, 1.165) is 5.56 Å². The molecule has 2 rings (SSSR count). The Kier molecular flexibility index (Phi) is 7.90. The summed E-state index contributed by atoms with van der Waals surface area (Å²) in [4.78, 5) is 12.3. The smallest absolute Gasteiger partial charge is 0.241 e. The minimum atomic E-state index is -3.95. The maximum absolute atomic E-state index is 12.6. The minimum absolute atomic E-state index is 0.0420. The molecule has 2 aromatic rings. The Morgan fingerprint density at radius 2 is 1.40 bits per heavy atom. The summed E-state index contributed by atoms with van der Waals surface area (Å²) in [6, 6.07) is 8.42. The van der Waals surface area contributed by atoms with E-state index in [4.69, 9.17) is 18.9 Å². The van der Waals surface area contributed by atoms with Crippen LogP contribution in [-0.2, 0) is 21.4 Å². The molecule has 0 fully saturated rings. The van der Waals surface area contributed by atoms with Gasteiger partial charge in [0.1, 0.15) is 0 Å². The van der Waals surface area contributed by atoms with Crippen molar-refractivity contribution in [3.8, 4) is 23.0 Å². The summed E-state index contributed by atoms with van der Waals surface area (Å²) < 4.78 is 48.3. The van der Waals surface area contributed by atoms with E-state index in [1.54, 1.807) is 18.2 Å². The molecule has 2 aromatic carbocycles. The number of amides is 1. The minimum Gasteiger partial charge on any atom is -0.493 e. The van der Waals surface area contributed by atoms with Crippen LogP contribution in [-0.4, -0.2) is 48.8 Å². The van der Waals surface area contributed by atoms with Crippen molar-refractivity contribution < 1.29 is 32.2 Å². The van der Waals surface area contributed by atoms with E-state index >= 15 is 0 Å². The highest BCUT2D eigenvalue weighted by Crippen LogP contribution is 2.29. The maximum Gasteiger partial charge on any atom is 0.241 e. The van der Waals surface area contributed by atoms with Gasteiger partial charge < -0.3 is 24.3 Å². The Bertz CT molecular complexity index is 993. The van der Waals surface area contributed by atoms with Gasteiger partial charge in [0.05, 0.1) is 39.4 Å². The predicted octanol–water partition coefficient (Wildman–Crippen LogP) is 1.70. The highest BCUT2D eigenvalue weighted by molar-refractivity contribution is 7.89. The molecular weight excluding hydrogens is 412 g/mol. The molecule has 10 heteroatoms. The van der Waals surface area contributed by atoms with Gasteiger partial charge in [-0.3, -0.25) is 4.79 Å². The quantitative estimate of drug-likeness (QED) is 0.581. The first kappa shape index (κ1) is 23.3. The van der Waals surface area contributed by atoms with Crippen LogP contribution >= 0.6 is 0 Å². The van der Waals surface area contributed by atoms with Gasteiger partial charge in [-0.15, -0.1) is 0 Å². The van der Waals surface area contributed by atoms with Gasteiger partial charge >= 0.3 is 0 Å². The van der Waals surface area contributed by atoms with E-state index in [0.29, 0.717) is 17.2 Å². The van der Waals surface area contributed by atoms with Crippen molar-refractivity contribution in [1.29, 1.82) is 0 Å². The highest BCUT2D eigenvalue weighted by Gasteiger charge is 2.23. The zero-order valence-corrected chi connectivity index (χ0v) is 18.3. The first-order chi connectivity index (χ1) is 14.2. The normalized spacial score (nSPS) is 12.0. The Balaban J connectivity index is 2.04. The van der Waals surface area contributed by atoms with Gasteiger partial charge in [-0.25, -0.2) is 8.42 Å². The molecule has 0 saturated carbocycles. The van der Waals surface area contributed by atoms with Crippen LogP contribution in [0, 0.1) is 0 Å². The van der Waals surface area contributed by atoms with Crippen LogP contribution in [0.3, 0.4) is 0 Å². The van der Waals surface area contributed by atoms with Gasteiger partial charge in [0, 0.05) is 12.6 Å². The zero-order valence-electron chi connectivity index (χ0n) is 17.5. The molecule has 1 unspecified atom stereocenters. The highest BCUT2D eigenvalue weighted by atomic mass is 32.2. The zero-order chi connectivity index (χ0) is 22.3. The Hall–Kier alpha value is -2.98. The van der Waals surface area contributed by atoms with Crippen molar-refractivity contribution in [1.82, 2.24) is 10.0 Å². The molecule has 0 aliphatic carbocycles. The SMILES string of the molecule is COc1ccc(CNC(=O)C(C)NS(=O)(=O)c2ccc(OC)c(OC)c2)cc1OC. The summed E-state index contributed by atoms with van der Waals surface area (Å²) >= 11 is 0. The average Bonchev–Trinajstić information content (AvgIpc) is 2.76. The van der Waals surface area contributed by atoms with Gasteiger partial charge in [-0.2, -0.15) is 4.72 Å². The number of hydrogen-bond acceptors (Lipinski definition) is 7. The largest absolute Gasteiger partial charge is 0.493 e. The van der Waals surface area contributed by atoms with Crippen LogP contribution in [0.25, 0.3) is 0 Å². The fourth-order valence-electron chi connectivity index (χ4n) is 2.67. The van der Waals surface area contributed by atoms with Crippen LogP contribution in [0.5, 0.6) is 23.0 Å². The predicted molar refractivity (Wildman–Crippen MR) is 111 cm³/mol. The van der Waals surface area contributed by atoms with Crippen molar-refractivity contribution in [3.05, 3.63) is 42.0 Å². The third-order valence-electron chi connectivity index (χ3n) is 4.31. The van der Waals surface area contributed by atoms with Crippen LogP contribution in [0.15, 0.2) is 41.3 Å². The van der Waals surface area contributed by atoms with E-state index in [-0.39, 0.29) is 17.2 Å². The number of rotatable bonds is 10. The summed E-state index contributed by atoms with van der Waals surface area (Å²) in [7, 11) is 1.97. The number of carbonyl (C=O) groups excluding carboxylic acids is 1. The fourth-order valence-corrected chi connectivity index (χ4v) is 3.89. The van der Waals surface area contributed by atoms with Crippen molar-refractivity contribution in [3.63, 3.8) is 0 Å². The molecule has 0 aliphatic rings. The number of benzene rings is 2. The summed E-state index contributed by atoms with van der Waals surface area (Å²) in [6.45, 7) is 1.66. The standard InChI is InChI=1S/C20H26N2O7S/c1-13(20(23)21-12-14-6-8-16(26-2)18(10-14)28-4)22-30(24,25)15-7-9-17(27-3)19(11-15)29-5/h6-11,13,22H,12H2,1-5H3,(H,21,23). The lowest BCUT2D eigenvalue weighted by Gasteiger charge is -2.16. The monoisotopic (exact) mass is 438 g/mol. The number of carbonyl (C=O) groups is 1. The molecule has 0 saturated heterocycles. The number of ether oxygens (including phenoxy) is 4. The summed E-state index contributed by atoms with van der Waals surface area (Å²) in [5.41, 5.74) is 0.774. The molecule has 164 valence electrons. The van der Waals surface area contributed by atoms with E-state index in [1.807, 2.05) is 0 Å². The molecule has 0 heterocycles. The first-order valence-corrected chi connectivity index (χ1v) is 10.5. The van der Waals surface area contributed by atoms with Crippen molar-refractivity contribution in [2.24, 2.45) is 0 Å². The van der Waals surface area contributed by atoms with Crippen molar-refractivity contribution in [2.75, 3.05) is 28.4 Å². The Labute approximate surface area is 176 Å². The summed E-state index contributed by atoms with van der Waals surface area (Å²) in [5.74, 6) is 1.30. The molecule has 0 aromatic heterocycles. The first-order valence-electron chi connectivity index (χ1n) is 8.98. The van der Waals surface area contributed by atoms with Gasteiger partial charge in [-0.05, 0) is 36.8 Å². The average molecular weight is 439 g/mol. The van der Waals surface area contributed by atoms with E-state index < -0.39 is 22.0 Å². The van der Waals surface area contributed by atoms with Gasteiger partial charge in [0.25, 0.3) is 0 Å². The molecule has 2 N–H and O–H groups in total. The second kappa shape index (κ2) is 10.2. The molecule has 1 amide bonds. The summed E-state index contributed by atoms with van der Waals surface area (Å²) in [6.07, 6.45) is 0. The molecule has 30 heavy (non-hydrogen) atoms.